The molecule has 0 bridgehead atoms. The molecule has 0 atom stereocenters. The minimum absolute atomic E-state index is 0.124. The Balaban J connectivity index is 2.46. The van der Waals surface area contributed by atoms with Gasteiger partial charge in [0.25, 0.3) is 0 Å². The van der Waals surface area contributed by atoms with Crippen LogP contribution in [0, 0.1) is 11.3 Å². The van der Waals surface area contributed by atoms with Gasteiger partial charge in [-0.2, -0.15) is 18.4 Å². The van der Waals surface area contributed by atoms with E-state index in [0.717, 1.165) is 12.3 Å². The van der Waals surface area contributed by atoms with Crippen LogP contribution in [0.4, 0.5) is 13.2 Å². The summed E-state index contributed by atoms with van der Waals surface area (Å²) in [6, 6.07) is 8.03. The van der Waals surface area contributed by atoms with Crippen molar-refractivity contribution in [3.05, 3.63) is 47.8 Å². The molecule has 0 spiro atoms. The molecule has 1 heterocycles. The minimum Gasteiger partial charge on any atom is -0.507 e. The molecule has 0 unspecified atom stereocenters. The summed E-state index contributed by atoms with van der Waals surface area (Å²) in [4.78, 5) is 3.30. The van der Waals surface area contributed by atoms with Crippen molar-refractivity contribution in [2.24, 2.45) is 0 Å². The van der Waals surface area contributed by atoms with E-state index in [1.165, 1.54) is 24.3 Å². The van der Waals surface area contributed by atoms with E-state index in [-0.39, 0.29) is 11.3 Å². The molecular weight excluding hydrogens is 257 g/mol. The smallest absolute Gasteiger partial charge is 0.433 e. The first-order chi connectivity index (χ1) is 8.91. The summed E-state index contributed by atoms with van der Waals surface area (Å²) in [7, 11) is 0. The number of hydrogen-bond acceptors (Lipinski definition) is 3. The van der Waals surface area contributed by atoms with E-state index in [0.29, 0.717) is 11.1 Å². The summed E-state index contributed by atoms with van der Waals surface area (Å²) in [5, 5.41) is 18.4. The Hall–Kier alpha value is -2.55. The Morgan fingerprint density at radius 2 is 1.89 bits per heavy atom. The topological polar surface area (TPSA) is 56.9 Å². The van der Waals surface area contributed by atoms with Gasteiger partial charge in [-0.3, -0.25) is 4.98 Å². The van der Waals surface area contributed by atoms with Gasteiger partial charge in [0.1, 0.15) is 11.4 Å². The minimum atomic E-state index is -4.50. The molecule has 2 aromatic rings. The maximum Gasteiger partial charge on any atom is 0.433 e. The SMILES string of the molecule is N#Cc1ccc(O)c(-c2ccc(C(F)(F)F)nc2)c1. The zero-order chi connectivity index (χ0) is 14.0. The molecule has 2 rings (SSSR count). The van der Waals surface area contributed by atoms with E-state index in [1.54, 1.807) is 0 Å². The summed E-state index contributed by atoms with van der Waals surface area (Å²) >= 11 is 0. The van der Waals surface area contributed by atoms with Crippen molar-refractivity contribution < 1.29 is 18.3 Å². The highest BCUT2D eigenvalue weighted by Gasteiger charge is 2.32. The molecule has 3 nitrogen and oxygen atoms in total. The normalized spacial score (nSPS) is 11.1. The number of hydrogen-bond donors (Lipinski definition) is 1. The fourth-order valence-corrected chi connectivity index (χ4v) is 1.56. The van der Waals surface area contributed by atoms with Gasteiger partial charge in [-0.15, -0.1) is 0 Å². The van der Waals surface area contributed by atoms with Crippen LogP contribution in [0.3, 0.4) is 0 Å². The predicted octanol–water partition coefficient (Wildman–Crippen LogP) is 3.34. The number of benzene rings is 1. The molecule has 0 saturated heterocycles. The second-order valence-electron chi connectivity index (χ2n) is 3.77. The summed E-state index contributed by atoms with van der Waals surface area (Å²) in [5.41, 5.74) is -0.136. The Morgan fingerprint density at radius 3 is 2.42 bits per heavy atom. The maximum atomic E-state index is 12.4. The molecule has 0 fully saturated rings. The highest BCUT2D eigenvalue weighted by molar-refractivity contribution is 5.71. The molecule has 19 heavy (non-hydrogen) atoms. The van der Waals surface area contributed by atoms with Crippen LogP contribution in [0.5, 0.6) is 5.75 Å². The summed E-state index contributed by atoms with van der Waals surface area (Å²) < 4.78 is 37.1. The molecule has 1 N–H and O–H groups in total. The Labute approximate surface area is 106 Å². The van der Waals surface area contributed by atoms with Gasteiger partial charge in [0.15, 0.2) is 0 Å². The first kappa shape index (κ1) is 12.9. The summed E-state index contributed by atoms with van der Waals surface area (Å²) in [5.74, 6) is -0.124. The van der Waals surface area contributed by atoms with Crippen molar-refractivity contribution in [3.63, 3.8) is 0 Å². The number of nitrogens with zero attached hydrogens (tertiary/aromatic N) is 2. The van der Waals surface area contributed by atoms with Gasteiger partial charge in [0.05, 0.1) is 11.6 Å². The second-order valence-corrected chi connectivity index (χ2v) is 3.77. The lowest BCUT2D eigenvalue weighted by Crippen LogP contribution is -2.07. The first-order valence-corrected chi connectivity index (χ1v) is 5.18. The number of alkyl halides is 3. The fraction of sp³-hybridized carbons (Fsp3) is 0.0769. The van der Waals surface area contributed by atoms with Crippen molar-refractivity contribution in [1.82, 2.24) is 4.98 Å². The van der Waals surface area contributed by atoms with Gasteiger partial charge in [-0.25, -0.2) is 0 Å². The number of aromatic hydroxyl groups is 1. The zero-order valence-corrected chi connectivity index (χ0v) is 9.44. The number of phenols is 1. The van der Waals surface area contributed by atoms with E-state index in [9.17, 15) is 18.3 Å². The number of halogens is 3. The predicted molar refractivity (Wildman–Crippen MR) is 61.1 cm³/mol. The van der Waals surface area contributed by atoms with Crippen LogP contribution < -0.4 is 0 Å². The van der Waals surface area contributed by atoms with Crippen molar-refractivity contribution in [1.29, 1.82) is 5.26 Å². The van der Waals surface area contributed by atoms with E-state index >= 15 is 0 Å². The number of phenolic OH excluding ortho intramolecular Hbond substituents is 1. The van der Waals surface area contributed by atoms with Gasteiger partial charge < -0.3 is 5.11 Å². The van der Waals surface area contributed by atoms with Gasteiger partial charge in [-0.05, 0) is 24.3 Å². The third-order valence-electron chi connectivity index (χ3n) is 2.49. The highest BCUT2D eigenvalue weighted by Crippen LogP contribution is 2.32. The molecule has 0 saturated carbocycles. The van der Waals surface area contributed by atoms with E-state index in [4.69, 9.17) is 5.26 Å². The number of nitriles is 1. The van der Waals surface area contributed by atoms with Crippen LogP contribution in [0.25, 0.3) is 11.1 Å². The molecule has 0 aliphatic carbocycles. The molecular formula is C13H7F3N2O. The Morgan fingerprint density at radius 1 is 1.16 bits per heavy atom. The van der Waals surface area contributed by atoms with Crippen LogP contribution in [0.2, 0.25) is 0 Å². The first-order valence-electron chi connectivity index (χ1n) is 5.18. The maximum absolute atomic E-state index is 12.4. The van der Waals surface area contributed by atoms with Crippen LogP contribution in [0.15, 0.2) is 36.5 Å². The molecule has 1 aromatic heterocycles. The van der Waals surface area contributed by atoms with Gasteiger partial charge >= 0.3 is 6.18 Å². The molecule has 1 aromatic carbocycles. The Bertz CT molecular complexity index is 642. The van der Waals surface area contributed by atoms with Crippen LogP contribution in [-0.4, -0.2) is 10.1 Å². The third-order valence-corrected chi connectivity index (χ3v) is 2.49. The van der Waals surface area contributed by atoms with Gasteiger partial charge in [-0.1, -0.05) is 6.07 Å². The standard InChI is InChI=1S/C13H7F3N2O/c14-13(15,16)12-4-2-9(7-18-12)10-5-8(6-17)1-3-11(10)19/h1-5,7,19H. The van der Waals surface area contributed by atoms with Crippen molar-refractivity contribution in [3.8, 4) is 22.9 Å². The highest BCUT2D eigenvalue weighted by atomic mass is 19.4. The molecule has 0 aliphatic heterocycles. The lowest BCUT2D eigenvalue weighted by molar-refractivity contribution is -0.141. The second kappa shape index (κ2) is 4.61. The number of aromatic nitrogens is 1. The Kier molecular flexibility index (Phi) is 3.13. The fourth-order valence-electron chi connectivity index (χ4n) is 1.56. The molecule has 6 heteroatoms. The van der Waals surface area contributed by atoms with Gasteiger partial charge in [0, 0.05) is 17.3 Å². The summed E-state index contributed by atoms with van der Waals surface area (Å²) in [6.45, 7) is 0. The molecule has 0 aliphatic rings. The molecule has 0 radical (unpaired) electrons. The van der Waals surface area contributed by atoms with E-state index in [2.05, 4.69) is 4.98 Å². The average Bonchev–Trinajstić information content (AvgIpc) is 2.38. The van der Waals surface area contributed by atoms with Crippen LogP contribution in [-0.2, 0) is 6.18 Å². The van der Waals surface area contributed by atoms with Crippen molar-refractivity contribution >= 4 is 0 Å². The quantitative estimate of drug-likeness (QED) is 0.859. The lowest BCUT2D eigenvalue weighted by Gasteiger charge is -2.08. The number of pyridine rings is 1. The zero-order valence-electron chi connectivity index (χ0n) is 9.44. The van der Waals surface area contributed by atoms with Crippen molar-refractivity contribution in [2.45, 2.75) is 6.18 Å². The van der Waals surface area contributed by atoms with Crippen LogP contribution >= 0.6 is 0 Å². The monoisotopic (exact) mass is 264 g/mol. The average molecular weight is 264 g/mol. The van der Waals surface area contributed by atoms with E-state index < -0.39 is 11.9 Å². The van der Waals surface area contributed by atoms with E-state index in [1.807, 2.05) is 6.07 Å². The number of rotatable bonds is 1. The largest absolute Gasteiger partial charge is 0.507 e. The third kappa shape index (κ3) is 2.65. The van der Waals surface area contributed by atoms with Gasteiger partial charge in [0.2, 0.25) is 0 Å². The molecule has 96 valence electrons. The van der Waals surface area contributed by atoms with Crippen molar-refractivity contribution in [2.75, 3.05) is 0 Å². The lowest BCUT2D eigenvalue weighted by atomic mass is 10.0. The summed E-state index contributed by atoms with van der Waals surface area (Å²) in [6.07, 6.45) is -3.49. The molecule has 0 amide bonds. The van der Waals surface area contributed by atoms with Crippen LogP contribution in [0.1, 0.15) is 11.3 Å².